The van der Waals surface area contributed by atoms with Gasteiger partial charge in [0.25, 0.3) is 5.91 Å². The minimum Gasteiger partial charge on any atom is -0.387 e. The Morgan fingerprint density at radius 3 is 2.90 bits per heavy atom. The van der Waals surface area contributed by atoms with Gasteiger partial charge in [0, 0.05) is 5.56 Å². The van der Waals surface area contributed by atoms with Crippen molar-refractivity contribution in [3.05, 3.63) is 53.1 Å². The van der Waals surface area contributed by atoms with Gasteiger partial charge >= 0.3 is 0 Å². The van der Waals surface area contributed by atoms with Crippen molar-refractivity contribution < 1.29 is 14.6 Å². The van der Waals surface area contributed by atoms with Crippen molar-refractivity contribution in [2.45, 2.75) is 25.7 Å². The summed E-state index contributed by atoms with van der Waals surface area (Å²) in [6.45, 7) is 4.03. The molecule has 1 N–H and O–H groups in total. The van der Waals surface area contributed by atoms with Gasteiger partial charge in [0.05, 0.1) is 17.7 Å². The summed E-state index contributed by atoms with van der Waals surface area (Å²) in [6.07, 6.45) is 3.34. The van der Waals surface area contributed by atoms with E-state index in [1.54, 1.807) is 4.90 Å². The summed E-state index contributed by atoms with van der Waals surface area (Å²) >= 11 is 0. The molecule has 1 aromatic carbocycles. The molecule has 4 rings (SSSR count). The van der Waals surface area contributed by atoms with Crippen LogP contribution in [0.3, 0.4) is 0 Å². The molecule has 1 aromatic rings. The molecule has 4 nitrogen and oxygen atoms in total. The standard InChI is InChI=1S/C17H17NO3/c1-10-7-11(2)15-16(20)12-5-3-4-6-13(12)18-14(19)9-21-17(15,18)8-10/h3-8,15-16,20H,9H2,1-2H3. The Hall–Kier alpha value is -1.91. The Labute approximate surface area is 123 Å². The van der Waals surface area contributed by atoms with Crippen LogP contribution in [0.1, 0.15) is 25.5 Å². The van der Waals surface area contributed by atoms with Crippen molar-refractivity contribution in [3.63, 3.8) is 0 Å². The number of carbonyl (C=O) groups excluding carboxylic acids is 1. The molecule has 0 radical (unpaired) electrons. The predicted octanol–water partition coefficient (Wildman–Crippen LogP) is 2.32. The predicted molar refractivity (Wildman–Crippen MR) is 78.6 cm³/mol. The summed E-state index contributed by atoms with van der Waals surface area (Å²) < 4.78 is 5.93. The summed E-state index contributed by atoms with van der Waals surface area (Å²) in [7, 11) is 0. The molecule has 3 aliphatic rings. The van der Waals surface area contributed by atoms with Crippen LogP contribution in [0.25, 0.3) is 0 Å². The minimum absolute atomic E-state index is 0.0502. The average Bonchev–Trinajstić information content (AvgIpc) is 2.75. The zero-order valence-corrected chi connectivity index (χ0v) is 12.0. The maximum atomic E-state index is 12.4. The number of carbonyl (C=O) groups is 1. The monoisotopic (exact) mass is 283 g/mol. The van der Waals surface area contributed by atoms with Gasteiger partial charge in [-0.15, -0.1) is 0 Å². The highest BCUT2D eigenvalue weighted by Crippen LogP contribution is 2.54. The fourth-order valence-corrected chi connectivity index (χ4v) is 3.99. The number of benzene rings is 1. The van der Waals surface area contributed by atoms with Crippen LogP contribution in [0.5, 0.6) is 0 Å². The number of ether oxygens (including phenoxy) is 1. The first kappa shape index (κ1) is 12.8. The summed E-state index contributed by atoms with van der Waals surface area (Å²) in [4.78, 5) is 14.1. The second-order valence-electron chi connectivity index (χ2n) is 6.03. The molecule has 2 aliphatic heterocycles. The first-order valence-corrected chi connectivity index (χ1v) is 7.16. The molecule has 0 aromatic heterocycles. The second kappa shape index (κ2) is 4.06. The average molecular weight is 283 g/mol. The molecule has 1 aliphatic carbocycles. The summed E-state index contributed by atoms with van der Waals surface area (Å²) in [6, 6.07) is 7.53. The Bertz CT molecular complexity index is 706. The summed E-state index contributed by atoms with van der Waals surface area (Å²) in [5.41, 5.74) is 2.75. The molecule has 2 heterocycles. The van der Waals surface area contributed by atoms with E-state index in [4.69, 9.17) is 4.74 Å². The zero-order valence-electron chi connectivity index (χ0n) is 12.0. The van der Waals surface area contributed by atoms with Gasteiger partial charge in [0.1, 0.15) is 6.61 Å². The number of para-hydroxylation sites is 1. The van der Waals surface area contributed by atoms with E-state index in [2.05, 4.69) is 6.08 Å². The number of hydrogen-bond donors (Lipinski definition) is 1. The van der Waals surface area contributed by atoms with Gasteiger partial charge in [-0.25, -0.2) is 0 Å². The largest absolute Gasteiger partial charge is 0.387 e. The molecule has 21 heavy (non-hydrogen) atoms. The number of anilines is 1. The number of amides is 1. The molecule has 1 amide bonds. The van der Waals surface area contributed by atoms with Gasteiger partial charge in [-0.2, -0.15) is 0 Å². The van der Waals surface area contributed by atoms with Crippen LogP contribution in [-0.2, 0) is 9.53 Å². The van der Waals surface area contributed by atoms with Gasteiger partial charge in [-0.1, -0.05) is 35.4 Å². The Morgan fingerprint density at radius 2 is 2.10 bits per heavy atom. The van der Waals surface area contributed by atoms with Crippen LogP contribution in [-0.4, -0.2) is 23.3 Å². The van der Waals surface area contributed by atoms with Gasteiger partial charge in [-0.3, -0.25) is 9.69 Å². The number of allylic oxidation sites excluding steroid dienone is 2. The quantitative estimate of drug-likeness (QED) is 0.795. The van der Waals surface area contributed by atoms with E-state index < -0.39 is 11.8 Å². The maximum Gasteiger partial charge on any atom is 0.255 e. The third-order valence-corrected chi connectivity index (χ3v) is 4.66. The number of fused-ring (bicyclic) bond motifs is 2. The lowest BCUT2D eigenvalue weighted by molar-refractivity contribution is -0.117. The van der Waals surface area contributed by atoms with E-state index in [1.807, 2.05) is 44.2 Å². The third-order valence-electron chi connectivity index (χ3n) is 4.66. The number of aliphatic hydroxyl groups is 1. The van der Waals surface area contributed by atoms with E-state index in [0.717, 1.165) is 22.4 Å². The lowest BCUT2D eigenvalue weighted by atomic mass is 9.73. The number of aliphatic hydroxyl groups excluding tert-OH is 1. The zero-order chi connectivity index (χ0) is 14.8. The van der Waals surface area contributed by atoms with Crippen molar-refractivity contribution >= 4 is 11.6 Å². The molecule has 3 unspecified atom stereocenters. The number of nitrogens with zero attached hydrogens (tertiary/aromatic N) is 1. The fraction of sp³-hybridized carbons (Fsp3) is 0.353. The van der Waals surface area contributed by atoms with Crippen LogP contribution < -0.4 is 4.90 Å². The van der Waals surface area contributed by atoms with Crippen molar-refractivity contribution in [1.29, 1.82) is 0 Å². The molecule has 4 heteroatoms. The second-order valence-corrected chi connectivity index (χ2v) is 6.03. The van der Waals surface area contributed by atoms with E-state index in [9.17, 15) is 9.90 Å². The van der Waals surface area contributed by atoms with Crippen molar-refractivity contribution in [1.82, 2.24) is 0 Å². The Kier molecular flexibility index (Phi) is 2.47. The highest BCUT2D eigenvalue weighted by molar-refractivity contribution is 5.99. The summed E-state index contributed by atoms with van der Waals surface area (Å²) in [5.74, 6) is -0.319. The molecular weight excluding hydrogens is 266 g/mol. The first-order chi connectivity index (χ1) is 10.0. The molecule has 1 saturated heterocycles. The highest BCUT2D eigenvalue weighted by atomic mass is 16.5. The topological polar surface area (TPSA) is 49.8 Å². The number of hydrogen-bond acceptors (Lipinski definition) is 3. The lowest BCUT2D eigenvalue weighted by Gasteiger charge is -2.49. The van der Waals surface area contributed by atoms with E-state index in [-0.39, 0.29) is 18.4 Å². The molecular formula is C17H17NO3. The van der Waals surface area contributed by atoms with Crippen LogP contribution in [0.2, 0.25) is 0 Å². The van der Waals surface area contributed by atoms with Gasteiger partial charge in [0.15, 0.2) is 5.72 Å². The van der Waals surface area contributed by atoms with Gasteiger partial charge in [-0.05, 0) is 26.0 Å². The number of rotatable bonds is 0. The molecule has 1 fully saturated rings. The Balaban J connectivity index is 2.03. The van der Waals surface area contributed by atoms with E-state index in [0.29, 0.717) is 0 Å². The van der Waals surface area contributed by atoms with E-state index in [1.165, 1.54) is 0 Å². The smallest absolute Gasteiger partial charge is 0.255 e. The van der Waals surface area contributed by atoms with Crippen molar-refractivity contribution in [2.75, 3.05) is 11.5 Å². The molecule has 1 spiro atoms. The first-order valence-electron chi connectivity index (χ1n) is 7.16. The lowest BCUT2D eigenvalue weighted by Crippen LogP contribution is -2.57. The van der Waals surface area contributed by atoms with Gasteiger partial charge in [0.2, 0.25) is 0 Å². The van der Waals surface area contributed by atoms with Crippen LogP contribution in [0.15, 0.2) is 47.6 Å². The molecule has 0 saturated carbocycles. The van der Waals surface area contributed by atoms with Gasteiger partial charge < -0.3 is 9.84 Å². The van der Waals surface area contributed by atoms with E-state index >= 15 is 0 Å². The van der Waals surface area contributed by atoms with Crippen LogP contribution in [0, 0.1) is 5.92 Å². The molecule has 0 bridgehead atoms. The Morgan fingerprint density at radius 1 is 1.33 bits per heavy atom. The maximum absolute atomic E-state index is 12.4. The summed E-state index contributed by atoms with van der Waals surface area (Å²) in [5, 5.41) is 10.9. The van der Waals surface area contributed by atoms with Crippen LogP contribution >= 0.6 is 0 Å². The molecule has 108 valence electrons. The normalized spacial score (nSPS) is 33.9. The third kappa shape index (κ3) is 1.49. The highest BCUT2D eigenvalue weighted by Gasteiger charge is 2.59. The SMILES string of the molecule is CC1=CC23OCC(=O)N2c2ccccc2C(O)C3C(C)=C1. The molecule has 3 atom stereocenters. The van der Waals surface area contributed by atoms with Crippen LogP contribution in [0.4, 0.5) is 5.69 Å². The fourth-order valence-electron chi connectivity index (χ4n) is 3.99. The minimum atomic E-state index is -0.881. The van der Waals surface area contributed by atoms with Crippen molar-refractivity contribution in [2.24, 2.45) is 5.92 Å². The van der Waals surface area contributed by atoms with Crippen molar-refractivity contribution in [3.8, 4) is 0 Å².